The molecule has 0 aliphatic carbocycles. The first-order valence-corrected chi connectivity index (χ1v) is 23.4. The van der Waals surface area contributed by atoms with Gasteiger partial charge in [-0.1, -0.05) is 184 Å². The Morgan fingerprint density at radius 2 is 0.684 bits per heavy atom. The number of hydrogen-bond donors (Lipinski definition) is 0. The summed E-state index contributed by atoms with van der Waals surface area (Å²) in [6.07, 6.45) is 56.0. The molecule has 1 atom stereocenters. The summed E-state index contributed by atoms with van der Waals surface area (Å²) in [5.74, 6) is -0.952. The van der Waals surface area contributed by atoms with Gasteiger partial charge in [-0.05, 0) is 83.5 Å². The smallest absolute Gasteiger partial charge is 0.306 e. The van der Waals surface area contributed by atoms with Gasteiger partial charge in [0.05, 0.1) is 0 Å². The molecule has 0 saturated heterocycles. The summed E-state index contributed by atoms with van der Waals surface area (Å²) in [5, 5.41) is 0. The predicted octanol–water partition coefficient (Wildman–Crippen LogP) is 15.1. The van der Waals surface area contributed by atoms with Gasteiger partial charge in [-0.3, -0.25) is 14.4 Å². The van der Waals surface area contributed by atoms with Gasteiger partial charge in [-0.2, -0.15) is 0 Å². The molecule has 0 aliphatic heterocycles. The van der Waals surface area contributed by atoms with Gasteiger partial charge in [0.25, 0.3) is 0 Å². The predicted molar refractivity (Wildman–Crippen MR) is 242 cm³/mol. The minimum Gasteiger partial charge on any atom is -0.462 e. The highest BCUT2D eigenvalue weighted by molar-refractivity contribution is 5.71. The van der Waals surface area contributed by atoms with Crippen LogP contribution in [0.3, 0.4) is 0 Å². The summed E-state index contributed by atoms with van der Waals surface area (Å²) in [6, 6.07) is 0. The average Bonchev–Trinajstić information content (AvgIpc) is 3.21. The van der Waals surface area contributed by atoms with Crippen LogP contribution in [-0.2, 0) is 28.6 Å². The minimum atomic E-state index is -0.797. The van der Waals surface area contributed by atoms with Gasteiger partial charge in [0.2, 0.25) is 0 Å². The molecule has 0 amide bonds. The van der Waals surface area contributed by atoms with Crippen molar-refractivity contribution in [1.82, 2.24) is 0 Å². The molecule has 0 fully saturated rings. The van der Waals surface area contributed by atoms with Crippen molar-refractivity contribution in [3.8, 4) is 0 Å². The maximum Gasteiger partial charge on any atom is 0.306 e. The number of carbonyl (C=O) groups is 3. The zero-order valence-electron chi connectivity index (χ0n) is 37.1. The van der Waals surface area contributed by atoms with E-state index in [4.69, 9.17) is 14.2 Å². The molecule has 0 heterocycles. The lowest BCUT2D eigenvalue weighted by Crippen LogP contribution is -2.30. The summed E-state index contributed by atoms with van der Waals surface area (Å²) < 4.78 is 16.7. The molecule has 0 aromatic carbocycles. The maximum absolute atomic E-state index is 12.7. The second-order valence-corrected chi connectivity index (χ2v) is 15.3. The van der Waals surface area contributed by atoms with Gasteiger partial charge in [0.15, 0.2) is 6.10 Å². The molecule has 6 nitrogen and oxygen atoms in total. The van der Waals surface area contributed by atoms with E-state index in [1.807, 2.05) is 0 Å². The standard InChI is InChI=1S/C51H86O6/c1-4-7-10-13-16-19-22-24-25-26-27-30-32-35-38-41-44-50(53)56-47-48(46-55-49(52)43-40-37-34-31-28-21-18-15-12-9-6-3)57-51(54)45-42-39-36-33-29-23-20-17-14-11-8-5-2/h7-8,10-11,16-17,19-20,24-25,29,33,48H,4-6,9,12-15,18,21-23,26-28,30-32,34-47H2,1-3H3/b10-7-,11-8-,19-16-,20-17-,25-24-,33-29-. The molecule has 0 spiro atoms. The van der Waals surface area contributed by atoms with Gasteiger partial charge in [-0.15, -0.1) is 0 Å². The van der Waals surface area contributed by atoms with Crippen LogP contribution in [0.15, 0.2) is 72.9 Å². The molecule has 326 valence electrons. The van der Waals surface area contributed by atoms with Gasteiger partial charge >= 0.3 is 17.9 Å². The Kier molecular flexibility index (Phi) is 43.0. The summed E-state index contributed by atoms with van der Waals surface area (Å²) in [6.45, 7) is 6.34. The van der Waals surface area contributed by atoms with Crippen molar-refractivity contribution in [3.63, 3.8) is 0 Å². The SMILES string of the molecule is CC/C=C\C/C=C\C/C=C\CCCCCCCCC(=O)OCC(COC(=O)CCCCCCCCCCCCC)OC(=O)CCCC/C=C\C/C=C\C/C=C\CC. The molecule has 0 aromatic rings. The molecule has 1 unspecified atom stereocenters. The Morgan fingerprint density at radius 1 is 0.368 bits per heavy atom. The molecule has 0 rings (SSSR count). The van der Waals surface area contributed by atoms with Crippen molar-refractivity contribution in [2.24, 2.45) is 0 Å². The molecule has 0 radical (unpaired) electrons. The van der Waals surface area contributed by atoms with Crippen molar-refractivity contribution in [3.05, 3.63) is 72.9 Å². The number of ether oxygens (including phenoxy) is 3. The number of unbranched alkanes of at least 4 members (excludes halogenated alkanes) is 18. The Balaban J connectivity index is 4.43. The lowest BCUT2D eigenvalue weighted by Gasteiger charge is -2.18. The van der Waals surface area contributed by atoms with Crippen LogP contribution in [0, 0.1) is 0 Å². The van der Waals surface area contributed by atoms with E-state index < -0.39 is 6.10 Å². The van der Waals surface area contributed by atoms with Gasteiger partial charge in [-0.25, -0.2) is 0 Å². The Labute approximate surface area is 351 Å². The fourth-order valence-corrected chi connectivity index (χ4v) is 6.23. The van der Waals surface area contributed by atoms with Crippen molar-refractivity contribution in [2.75, 3.05) is 13.2 Å². The number of carbonyl (C=O) groups excluding carboxylic acids is 3. The summed E-state index contributed by atoms with van der Waals surface area (Å²) in [7, 11) is 0. The highest BCUT2D eigenvalue weighted by Crippen LogP contribution is 2.14. The van der Waals surface area contributed by atoms with Gasteiger partial charge in [0.1, 0.15) is 13.2 Å². The van der Waals surface area contributed by atoms with E-state index in [0.29, 0.717) is 19.3 Å². The summed E-state index contributed by atoms with van der Waals surface area (Å²) in [4.78, 5) is 37.8. The molecular formula is C51H86O6. The first-order chi connectivity index (χ1) is 28.0. The third kappa shape index (κ3) is 43.8. The van der Waals surface area contributed by atoms with Gasteiger partial charge in [0, 0.05) is 19.3 Å². The largest absolute Gasteiger partial charge is 0.462 e. The molecule has 0 N–H and O–H groups in total. The highest BCUT2D eigenvalue weighted by Gasteiger charge is 2.19. The van der Waals surface area contributed by atoms with Crippen LogP contribution >= 0.6 is 0 Å². The number of rotatable bonds is 41. The second-order valence-electron chi connectivity index (χ2n) is 15.3. The van der Waals surface area contributed by atoms with E-state index in [1.165, 1.54) is 70.6 Å². The van der Waals surface area contributed by atoms with E-state index >= 15 is 0 Å². The van der Waals surface area contributed by atoms with E-state index in [2.05, 4.69) is 93.7 Å². The Bertz CT molecular complexity index is 1100. The molecule has 0 saturated carbocycles. The molecule has 57 heavy (non-hydrogen) atoms. The fourth-order valence-electron chi connectivity index (χ4n) is 6.23. The van der Waals surface area contributed by atoms with Gasteiger partial charge < -0.3 is 14.2 Å². The van der Waals surface area contributed by atoms with Crippen LogP contribution in [-0.4, -0.2) is 37.2 Å². The quantitative estimate of drug-likeness (QED) is 0.0265. The Hall–Kier alpha value is -3.15. The first kappa shape index (κ1) is 53.9. The monoisotopic (exact) mass is 795 g/mol. The second kappa shape index (κ2) is 45.6. The van der Waals surface area contributed by atoms with Crippen LogP contribution in [0.25, 0.3) is 0 Å². The molecule has 0 bridgehead atoms. The molecule has 0 aromatic heterocycles. The van der Waals surface area contributed by atoms with E-state index in [9.17, 15) is 14.4 Å². The minimum absolute atomic E-state index is 0.0943. The first-order valence-electron chi connectivity index (χ1n) is 23.4. The van der Waals surface area contributed by atoms with Crippen molar-refractivity contribution in [2.45, 2.75) is 219 Å². The van der Waals surface area contributed by atoms with Crippen molar-refractivity contribution < 1.29 is 28.6 Å². The topological polar surface area (TPSA) is 78.9 Å². The van der Waals surface area contributed by atoms with E-state index in [1.54, 1.807) is 0 Å². The highest BCUT2D eigenvalue weighted by atomic mass is 16.6. The molecular weight excluding hydrogens is 709 g/mol. The molecule has 6 heteroatoms. The average molecular weight is 795 g/mol. The fraction of sp³-hybridized carbons (Fsp3) is 0.706. The van der Waals surface area contributed by atoms with Crippen LogP contribution < -0.4 is 0 Å². The normalized spacial score (nSPS) is 12.7. The zero-order chi connectivity index (χ0) is 41.5. The van der Waals surface area contributed by atoms with E-state index in [-0.39, 0.29) is 37.5 Å². The third-order valence-corrected chi connectivity index (χ3v) is 9.71. The van der Waals surface area contributed by atoms with Crippen molar-refractivity contribution >= 4 is 17.9 Å². The molecule has 0 aliphatic rings. The van der Waals surface area contributed by atoms with E-state index in [0.717, 1.165) is 96.3 Å². The van der Waals surface area contributed by atoms with Crippen molar-refractivity contribution in [1.29, 1.82) is 0 Å². The zero-order valence-corrected chi connectivity index (χ0v) is 37.1. The number of esters is 3. The van der Waals surface area contributed by atoms with Crippen LogP contribution in [0.5, 0.6) is 0 Å². The van der Waals surface area contributed by atoms with Crippen LogP contribution in [0.2, 0.25) is 0 Å². The lowest BCUT2D eigenvalue weighted by molar-refractivity contribution is -0.167. The summed E-state index contributed by atoms with van der Waals surface area (Å²) >= 11 is 0. The van der Waals surface area contributed by atoms with Crippen LogP contribution in [0.1, 0.15) is 213 Å². The number of allylic oxidation sites excluding steroid dienone is 12. The van der Waals surface area contributed by atoms with Crippen LogP contribution in [0.4, 0.5) is 0 Å². The maximum atomic E-state index is 12.7. The lowest BCUT2D eigenvalue weighted by atomic mass is 10.1. The summed E-state index contributed by atoms with van der Waals surface area (Å²) in [5.41, 5.74) is 0. The number of hydrogen-bond acceptors (Lipinski definition) is 6. The Morgan fingerprint density at radius 3 is 1.11 bits per heavy atom. The third-order valence-electron chi connectivity index (χ3n) is 9.71.